The number of hydrogen-bond donors (Lipinski definition) is 1. The molecule has 1 aromatic carbocycles. The van der Waals surface area contributed by atoms with Crippen LogP contribution in [-0.4, -0.2) is 68.8 Å². The fourth-order valence-electron chi connectivity index (χ4n) is 3.41. The minimum Gasteiger partial charge on any atom is -0.445 e. The van der Waals surface area contributed by atoms with Crippen LogP contribution in [0.1, 0.15) is 24.8 Å². The average Bonchev–Trinajstić information content (AvgIpc) is 3.14. The predicted octanol–water partition coefficient (Wildman–Crippen LogP) is 1.41. The summed E-state index contributed by atoms with van der Waals surface area (Å²) in [6.45, 7) is 2.59. The Morgan fingerprint density at radius 2 is 1.85 bits per heavy atom. The van der Waals surface area contributed by atoms with Crippen LogP contribution in [0.2, 0.25) is 0 Å². The summed E-state index contributed by atoms with van der Waals surface area (Å²) < 4.78 is 33.4. The lowest BCUT2D eigenvalue weighted by Gasteiger charge is -2.30. The lowest BCUT2D eigenvalue weighted by Crippen LogP contribution is -2.47. The smallest absolute Gasteiger partial charge is 0.410 e. The van der Waals surface area contributed by atoms with Gasteiger partial charge in [-0.1, -0.05) is 30.3 Å². The van der Waals surface area contributed by atoms with E-state index in [1.54, 1.807) is 0 Å². The first-order chi connectivity index (χ1) is 12.4. The summed E-state index contributed by atoms with van der Waals surface area (Å²) in [4.78, 5) is 15.9. The molecule has 0 bridgehead atoms. The monoisotopic (exact) mass is 381 g/mol. The van der Waals surface area contributed by atoms with Gasteiger partial charge in [0, 0.05) is 19.1 Å². The van der Waals surface area contributed by atoms with Crippen molar-refractivity contribution in [1.82, 2.24) is 14.5 Å². The van der Waals surface area contributed by atoms with E-state index in [0.717, 1.165) is 31.5 Å². The van der Waals surface area contributed by atoms with Gasteiger partial charge in [-0.2, -0.15) is 0 Å². The number of amides is 1. The van der Waals surface area contributed by atoms with Gasteiger partial charge in [-0.15, -0.1) is 0 Å². The van der Waals surface area contributed by atoms with Crippen LogP contribution < -0.4 is 4.72 Å². The number of benzene rings is 1. The summed E-state index contributed by atoms with van der Waals surface area (Å²) in [5, 5.41) is -0.563. The van der Waals surface area contributed by atoms with Crippen LogP contribution in [0.5, 0.6) is 0 Å². The van der Waals surface area contributed by atoms with Gasteiger partial charge in [0.1, 0.15) is 6.61 Å². The van der Waals surface area contributed by atoms with Crippen molar-refractivity contribution >= 4 is 16.1 Å². The largest absolute Gasteiger partial charge is 0.445 e. The van der Waals surface area contributed by atoms with Crippen LogP contribution >= 0.6 is 0 Å². The van der Waals surface area contributed by atoms with Crippen LogP contribution in [0.25, 0.3) is 0 Å². The third-order valence-corrected chi connectivity index (χ3v) is 7.02. The molecular formula is C18H27N3O4S. The molecular weight excluding hydrogens is 354 g/mol. The van der Waals surface area contributed by atoms with E-state index >= 15 is 0 Å². The molecule has 8 heteroatoms. The van der Waals surface area contributed by atoms with Gasteiger partial charge in [0.05, 0.1) is 5.25 Å². The Bertz CT molecular complexity index is 702. The van der Waals surface area contributed by atoms with Crippen molar-refractivity contribution in [1.29, 1.82) is 0 Å². The highest BCUT2D eigenvalue weighted by atomic mass is 32.2. The van der Waals surface area contributed by atoms with Gasteiger partial charge in [0.2, 0.25) is 10.0 Å². The van der Waals surface area contributed by atoms with Crippen molar-refractivity contribution in [3.8, 4) is 0 Å². The first-order valence-electron chi connectivity index (χ1n) is 9.09. The molecule has 3 rings (SSSR count). The van der Waals surface area contributed by atoms with Crippen molar-refractivity contribution in [2.75, 3.05) is 33.2 Å². The van der Waals surface area contributed by atoms with E-state index in [0.29, 0.717) is 13.0 Å². The first kappa shape index (κ1) is 19.1. The Labute approximate surface area is 155 Å². The minimum absolute atomic E-state index is 0.00437. The highest BCUT2D eigenvalue weighted by Crippen LogP contribution is 2.19. The summed E-state index contributed by atoms with van der Waals surface area (Å²) >= 11 is 0. The lowest BCUT2D eigenvalue weighted by molar-refractivity contribution is 0.104. The Hall–Kier alpha value is -1.64. The van der Waals surface area contributed by atoms with Crippen molar-refractivity contribution in [2.45, 2.75) is 37.2 Å². The summed E-state index contributed by atoms with van der Waals surface area (Å²) in [6.07, 6.45) is 1.64. The maximum atomic E-state index is 12.6. The Balaban J connectivity index is 1.48. The molecule has 1 N–H and O–H groups in total. The van der Waals surface area contributed by atoms with Gasteiger partial charge < -0.3 is 14.5 Å². The van der Waals surface area contributed by atoms with Crippen molar-refractivity contribution in [2.24, 2.45) is 0 Å². The summed E-state index contributed by atoms with van der Waals surface area (Å²) in [7, 11) is -1.39. The number of likely N-dealkylation sites (tertiary alicyclic amines) is 2. The minimum atomic E-state index is -3.43. The van der Waals surface area contributed by atoms with E-state index < -0.39 is 21.4 Å². The molecule has 2 aliphatic heterocycles. The van der Waals surface area contributed by atoms with Crippen molar-refractivity contribution in [3.63, 3.8) is 0 Å². The highest BCUT2D eigenvalue weighted by molar-refractivity contribution is 7.90. The summed E-state index contributed by atoms with van der Waals surface area (Å²) in [5.41, 5.74) is 0.910. The third-order valence-electron chi connectivity index (χ3n) is 5.10. The van der Waals surface area contributed by atoms with Gasteiger partial charge in [0.25, 0.3) is 0 Å². The van der Waals surface area contributed by atoms with E-state index in [1.807, 2.05) is 37.4 Å². The highest BCUT2D eigenvalue weighted by Gasteiger charge is 2.37. The zero-order chi connectivity index (χ0) is 18.6. The molecule has 1 atom stereocenters. The number of rotatable bonds is 5. The quantitative estimate of drug-likeness (QED) is 0.834. The number of hydrogen-bond acceptors (Lipinski definition) is 5. The standard InChI is InChI=1S/C18H27N3O4S/c1-20-10-7-16(8-11-20)19-26(23,24)17-9-12-21(13-17)18(22)25-14-15-5-3-2-4-6-15/h2-6,16-17,19H,7-14H2,1H3/t17-/m0/s1. The fourth-order valence-corrected chi connectivity index (χ4v) is 5.10. The second-order valence-corrected chi connectivity index (χ2v) is 9.13. The van der Waals surface area contributed by atoms with Gasteiger partial charge in [-0.25, -0.2) is 17.9 Å². The molecule has 2 heterocycles. The van der Waals surface area contributed by atoms with Gasteiger partial charge in [-0.05, 0) is 45.0 Å². The first-order valence-corrected chi connectivity index (χ1v) is 10.6. The van der Waals surface area contributed by atoms with E-state index in [1.165, 1.54) is 4.90 Å². The van der Waals surface area contributed by atoms with Gasteiger partial charge in [0.15, 0.2) is 0 Å². The summed E-state index contributed by atoms with van der Waals surface area (Å²) in [6, 6.07) is 9.44. The second-order valence-electron chi connectivity index (χ2n) is 7.14. The van der Waals surface area contributed by atoms with Crippen LogP contribution in [-0.2, 0) is 21.4 Å². The molecule has 0 spiro atoms. The second kappa shape index (κ2) is 8.37. The SMILES string of the molecule is CN1CCC(NS(=O)(=O)[C@H]2CCN(C(=O)OCc3ccccc3)C2)CC1. The maximum absolute atomic E-state index is 12.6. The molecule has 0 aliphatic carbocycles. The fraction of sp³-hybridized carbons (Fsp3) is 0.611. The number of carbonyl (C=O) groups excluding carboxylic acids is 1. The third kappa shape index (κ3) is 4.96. The van der Waals surface area contributed by atoms with E-state index in [9.17, 15) is 13.2 Å². The molecule has 0 radical (unpaired) electrons. The lowest BCUT2D eigenvalue weighted by atomic mass is 10.1. The Morgan fingerprint density at radius 1 is 1.15 bits per heavy atom. The molecule has 2 fully saturated rings. The Morgan fingerprint density at radius 3 is 2.54 bits per heavy atom. The molecule has 26 heavy (non-hydrogen) atoms. The van der Waals surface area contributed by atoms with Crippen LogP contribution in [0.3, 0.4) is 0 Å². The average molecular weight is 381 g/mol. The number of carbonyl (C=O) groups is 1. The number of ether oxygens (including phenoxy) is 1. The number of nitrogens with one attached hydrogen (secondary N) is 1. The predicted molar refractivity (Wildman–Crippen MR) is 99.2 cm³/mol. The van der Waals surface area contributed by atoms with Crippen molar-refractivity contribution < 1.29 is 17.9 Å². The molecule has 144 valence electrons. The summed E-state index contributed by atoms with van der Waals surface area (Å²) in [5.74, 6) is 0. The molecule has 1 aromatic rings. The maximum Gasteiger partial charge on any atom is 0.410 e. The van der Waals surface area contributed by atoms with Crippen LogP contribution in [0.4, 0.5) is 4.79 Å². The normalized spacial score (nSPS) is 22.5. The molecule has 2 saturated heterocycles. The topological polar surface area (TPSA) is 79.0 Å². The zero-order valence-corrected chi connectivity index (χ0v) is 16.0. The van der Waals surface area contributed by atoms with Gasteiger partial charge >= 0.3 is 6.09 Å². The van der Waals surface area contributed by atoms with E-state index in [4.69, 9.17) is 4.74 Å². The van der Waals surface area contributed by atoms with Gasteiger partial charge in [-0.3, -0.25) is 0 Å². The molecule has 0 aromatic heterocycles. The number of sulfonamides is 1. The number of nitrogens with zero attached hydrogens (tertiary/aromatic N) is 2. The molecule has 0 saturated carbocycles. The molecule has 7 nitrogen and oxygen atoms in total. The van der Waals surface area contributed by atoms with E-state index in [-0.39, 0.29) is 19.2 Å². The molecule has 0 unspecified atom stereocenters. The van der Waals surface area contributed by atoms with Crippen LogP contribution in [0, 0.1) is 0 Å². The van der Waals surface area contributed by atoms with Crippen molar-refractivity contribution in [3.05, 3.63) is 35.9 Å². The Kier molecular flexibility index (Phi) is 6.16. The van der Waals surface area contributed by atoms with Crippen LogP contribution in [0.15, 0.2) is 30.3 Å². The number of piperidine rings is 1. The molecule has 1 amide bonds. The van der Waals surface area contributed by atoms with E-state index in [2.05, 4.69) is 9.62 Å². The molecule has 2 aliphatic rings. The zero-order valence-electron chi connectivity index (χ0n) is 15.1.